The van der Waals surface area contributed by atoms with Gasteiger partial charge in [-0.05, 0) is 18.9 Å². The molecule has 1 fully saturated rings. The van der Waals surface area contributed by atoms with Gasteiger partial charge in [0.25, 0.3) is 0 Å². The lowest BCUT2D eigenvalue weighted by atomic mass is 9.87. The van der Waals surface area contributed by atoms with Crippen LogP contribution in [-0.4, -0.2) is 21.3 Å². The minimum absolute atomic E-state index is 0.278. The molecule has 106 valence electrons. The molecule has 0 amide bonds. The number of hydrogen-bond donors (Lipinski definition) is 1. The highest BCUT2D eigenvalue weighted by molar-refractivity contribution is 5.49. The van der Waals surface area contributed by atoms with Crippen molar-refractivity contribution in [1.29, 1.82) is 0 Å². The molecule has 0 bridgehead atoms. The van der Waals surface area contributed by atoms with Gasteiger partial charge in [-0.1, -0.05) is 12.8 Å². The number of rotatable bonds is 5. The summed E-state index contributed by atoms with van der Waals surface area (Å²) in [5.74, 6) is 1.59. The van der Waals surface area contributed by atoms with Crippen LogP contribution < -0.4 is 15.2 Å². The fraction of sp³-hybridized carbons (Fsp3) is 0.600. The van der Waals surface area contributed by atoms with Crippen LogP contribution in [0.5, 0.6) is 11.5 Å². The molecule has 4 heteroatoms. The molecule has 1 saturated carbocycles. The maximum absolute atomic E-state index is 6.55. The molecule has 4 nitrogen and oxygen atoms in total. The SMILES string of the molecule is COCc1cc(C2(N)CCCC2)c(OC)cc1OC. The zero-order valence-corrected chi connectivity index (χ0v) is 12.0. The van der Waals surface area contributed by atoms with E-state index in [1.165, 1.54) is 12.8 Å². The summed E-state index contributed by atoms with van der Waals surface area (Å²) < 4.78 is 16.1. The third-order valence-corrected chi connectivity index (χ3v) is 3.93. The minimum atomic E-state index is -0.278. The predicted molar refractivity (Wildman–Crippen MR) is 74.6 cm³/mol. The zero-order chi connectivity index (χ0) is 13.9. The first-order valence-corrected chi connectivity index (χ1v) is 6.68. The van der Waals surface area contributed by atoms with Gasteiger partial charge in [-0.25, -0.2) is 0 Å². The summed E-state index contributed by atoms with van der Waals surface area (Å²) in [7, 11) is 5.01. The molecule has 1 aliphatic rings. The summed E-state index contributed by atoms with van der Waals surface area (Å²) in [6.45, 7) is 0.510. The first-order valence-electron chi connectivity index (χ1n) is 6.68. The molecule has 19 heavy (non-hydrogen) atoms. The molecular formula is C15H23NO3. The lowest BCUT2D eigenvalue weighted by molar-refractivity contribution is 0.181. The summed E-state index contributed by atoms with van der Waals surface area (Å²) >= 11 is 0. The van der Waals surface area contributed by atoms with Crippen LogP contribution in [0.15, 0.2) is 12.1 Å². The van der Waals surface area contributed by atoms with E-state index in [9.17, 15) is 0 Å². The van der Waals surface area contributed by atoms with E-state index in [0.717, 1.165) is 35.5 Å². The van der Waals surface area contributed by atoms with Crippen LogP contribution in [0.4, 0.5) is 0 Å². The fourth-order valence-electron chi connectivity index (χ4n) is 2.90. The predicted octanol–water partition coefficient (Wildman–Crippen LogP) is 2.58. The van der Waals surface area contributed by atoms with Crippen LogP contribution in [-0.2, 0) is 16.9 Å². The topological polar surface area (TPSA) is 53.7 Å². The molecule has 2 rings (SSSR count). The normalized spacial score (nSPS) is 17.5. The molecule has 0 unspecified atom stereocenters. The van der Waals surface area contributed by atoms with Crippen molar-refractivity contribution in [2.75, 3.05) is 21.3 Å². The van der Waals surface area contributed by atoms with Crippen LogP contribution in [0.25, 0.3) is 0 Å². The van der Waals surface area contributed by atoms with E-state index in [0.29, 0.717) is 6.61 Å². The Hall–Kier alpha value is -1.26. The van der Waals surface area contributed by atoms with Gasteiger partial charge in [0, 0.05) is 29.8 Å². The smallest absolute Gasteiger partial charge is 0.128 e. The van der Waals surface area contributed by atoms with Crippen molar-refractivity contribution in [3.8, 4) is 11.5 Å². The van der Waals surface area contributed by atoms with E-state index in [1.54, 1.807) is 21.3 Å². The average molecular weight is 265 g/mol. The number of benzene rings is 1. The van der Waals surface area contributed by atoms with E-state index in [2.05, 4.69) is 6.07 Å². The van der Waals surface area contributed by atoms with Gasteiger partial charge in [0.05, 0.1) is 20.8 Å². The summed E-state index contributed by atoms with van der Waals surface area (Å²) in [5.41, 5.74) is 8.36. The summed E-state index contributed by atoms with van der Waals surface area (Å²) in [4.78, 5) is 0. The molecule has 0 saturated heterocycles. The number of ether oxygens (including phenoxy) is 3. The maximum Gasteiger partial charge on any atom is 0.128 e. The second kappa shape index (κ2) is 5.80. The molecule has 1 aromatic carbocycles. The zero-order valence-electron chi connectivity index (χ0n) is 12.0. The van der Waals surface area contributed by atoms with Gasteiger partial charge in [-0.15, -0.1) is 0 Å². The maximum atomic E-state index is 6.55. The lowest BCUT2D eigenvalue weighted by Gasteiger charge is -2.27. The van der Waals surface area contributed by atoms with Gasteiger partial charge in [0.2, 0.25) is 0 Å². The second-order valence-corrected chi connectivity index (χ2v) is 5.16. The molecule has 0 atom stereocenters. The monoisotopic (exact) mass is 265 g/mol. The Morgan fingerprint density at radius 3 is 2.21 bits per heavy atom. The molecule has 0 aromatic heterocycles. The number of nitrogens with two attached hydrogens (primary N) is 1. The van der Waals surface area contributed by atoms with Crippen molar-refractivity contribution in [2.45, 2.75) is 37.8 Å². The van der Waals surface area contributed by atoms with E-state index in [-0.39, 0.29) is 5.54 Å². The number of methoxy groups -OCH3 is 3. The minimum Gasteiger partial charge on any atom is -0.496 e. The Kier molecular flexibility index (Phi) is 4.32. The van der Waals surface area contributed by atoms with Crippen molar-refractivity contribution in [3.05, 3.63) is 23.3 Å². The Labute approximate surface area is 114 Å². The molecule has 0 heterocycles. The summed E-state index contributed by atoms with van der Waals surface area (Å²) in [5, 5.41) is 0. The average Bonchev–Trinajstić information content (AvgIpc) is 2.86. The molecule has 0 aliphatic heterocycles. The van der Waals surface area contributed by atoms with Crippen molar-refractivity contribution in [3.63, 3.8) is 0 Å². The summed E-state index contributed by atoms with van der Waals surface area (Å²) in [6, 6.07) is 3.99. The van der Waals surface area contributed by atoms with Crippen LogP contribution in [0.2, 0.25) is 0 Å². The Balaban J connectivity index is 2.48. The Morgan fingerprint density at radius 1 is 1.05 bits per heavy atom. The highest BCUT2D eigenvalue weighted by atomic mass is 16.5. The first kappa shape index (κ1) is 14.2. The first-order chi connectivity index (χ1) is 9.14. The van der Waals surface area contributed by atoms with Crippen LogP contribution >= 0.6 is 0 Å². The van der Waals surface area contributed by atoms with Crippen LogP contribution in [0, 0.1) is 0 Å². The molecule has 1 aliphatic carbocycles. The standard InChI is InChI=1S/C15H23NO3/c1-17-10-11-8-12(15(16)6-4-5-7-15)14(19-3)9-13(11)18-2/h8-9H,4-7,10,16H2,1-3H3. The van der Waals surface area contributed by atoms with E-state index in [1.807, 2.05) is 6.07 Å². The third kappa shape index (κ3) is 2.69. The van der Waals surface area contributed by atoms with Crippen molar-refractivity contribution < 1.29 is 14.2 Å². The van der Waals surface area contributed by atoms with Gasteiger partial charge < -0.3 is 19.9 Å². The van der Waals surface area contributed by atoms with Gasteiger partial charge in [0.1, 0.15) is 11.5 Å². The second-order valence-electron chi connectivity index (χ2n) is 5.16. The molecule has 0 spiro atoms. The van der Waals surface area contributed by atoms with E-state index in [4.69, 9.17) is 19.9 Å². The Bertz CT molecular complexity index is 439. The molecular weight excluding hydrogens is 242 g/mol. The van der Waals surface area contributed by atoms with E-state index < -0.39 is 0 Å². The highest BCUT2D eigenvalue weighted by Gasteiger charge is 2.34. The van der Waals surface area contributed by atoms with E-state index >= 15 is 0 Å². The quantitative estimate of drug-likeness (QED) is 0.889. The van der Waals surface area contributed by atoms with Crippen LogP contribution in [0.3, 0.4) is 0 Å². The Morgan fingerprint density at radius 2 is 1.68 bits per heavy atom. The molecule has 1 aromatic rings. The largest absolute Gasteiger partial charge is 0.496 e. The van der Waals surface area contributed by atoms with Gasteiger partial charge in [0.15, 0.2) is 0 Å². The van der Waals surface area contributed by atoms with Crippen molar-refractivity contribution >= 4 is 0 Å². The van der Waals surface area contributed by atoms with Crippen LogP contribution in [0.1, 0.15) is 36.8 Å². The van der Waals surface area contributed by atoms with Gasteiger partial charge in [-0.3, -0.25) is 0 Å². The molecule has 2 N–H and O–H groups in total. The molecule has 0 radical (unpaired) electrons. The number of hydrogen-bond acceptors (Lipinski definition) is 4. The van der Waals surface area contributed by atoms with Crippen molar-refractivity contribution in [2.24, 2.45) is 5.73 Å². The highest BCUT2D eigenvalue weighted by Crippen LogP contribution is 2.43. The fourth-order valence-corrected chi connectivity index (χ4v) is 2.90. The van der Waals surface area contributed by atoms with Crippen molar-refractivity contribution in [1.82, 2.24) is 0 Å². The summed E-state index contributed by atoms with van der Waals surface area (Å²) in [6.07, 6.45) is 4.35. The van der Waals surface area contributed by atoms with Gasteiger partial charge >= 0.3 is 0 Å². The third-order valence-electron chi connectivity index (χ3n) is 3.93. The lowest BCUT2D eigenvalue weighted by Crippen LogP contribution is -2.33. The van der Waals surface area contributed by atoms with Gasteiger partial charge in [-0.2, -0.15) is 0 Å².